The van der Waals surface area contributed by atoms with Crippen LogP contribution in [-0.2, 0) is 39.6 Å². The van der Waals surface area contributed by atoms with Crippen LogP contribution in [0.15, 0.2) is 103 Å². The molecule has 12 nitrogen and oxygen atoms in total. The van der Waals surface area contributed by atoms with Crippen molar-refractivity contribution in [1.29, 1.82) is 0 Å². The number of methoxy groups -OCH3 is 1. The number of nitrogens with zero attached hydrogens (tertiary/aromatic N) is 2. The molecule has 6 atom stereocenters. The van der Waals surface area contributed by atoms with Crippen molar-refractivity contribution in [2.24, 2.45) is 11.7 Å². The average molecular weight is 760 g/mol. The molecule has 4 aromatic rings. The minimum Gasteiger partial charge on any atom is -0.508 e. The quantitative estimate of drug-likeness (QED) is 0.112. The van der Waals surface area contributed by atoms with Crippen LogP contribution in [-0.4, -0.2) is 65.4 Å². The summed E-state index contributed by atoms with van der Waals surface area (Å²) in [7, 11) is 1.46. The number of fused-ring (bicyclic) bond motifs is 3. The first-order valence-electron chi connectivity index (χ1n) is 19.2. The zero-order valence-electron chi connectivity index (χ0n) is 31.1. The van der Waals surface area contributed by atoms with Gasteiger partial charge in [0, 0.05) is 7.11 Å². The topological polar surface area (TPSA) is 169 Å². The van der Waals surface area contributed by atoms with E-state index in [4.69, 9.17) is 19.9 Å². The van der Waals surface area contributed by atoms with E-state index in [9.17, 15) is 24.6 Å². The maximum Gasteiger partial charge on any atom is 0.421 e. The van der Waals surface area contributed by atoms with Crippen molar-refractivity contribution in [1.82, 2.24) is 4.90 Å². The van der Waals surface area contributed by atoms with Crippen LogP contribution in [0.1, 0.15) is 84.5 Å². The molecule has 0 aromatic heterocycles. The number of ether oxygens (including phenoxy) is 3. The lowest BCUT2D eigenvalue weighted by Gasteiger charge is -2.46. The molecule has 4 aliphatic rings. The number of anilines is 1. The van der Waals surface area contributed by atoms with Crippen LogP contribution in [0.5, 0.6) is 5.75 Å². The van der Waals surface area contributed by atoms with Crippen LogP contribution in [0.4, 0.5) is 10.5 Å². The summed E-state index contributed by atoms with van der Waals surface area (Å²) in [6.45, 7) is -0.0884. The first-order valence-corrected chi connectivity index (χ1v) is 19.2. The molecule has 8 rings (SSSR count). The molecule has 0 radical (unpaired) electrons. The number of aliphatic hydroxyl groups is 1. The Morgan fingerprint density at radius 3 is 2.09 bits per heavy atom. The summed E-state index contributed by atoms with van der Waals surface area (Å²) in [6, 6.07) is 26.7. The Balaban J connectivity index is 1.44. The summed E-state index contributed by atoms with van der Waals surface area (Å²) in [4.78, 5) is 61.8. The van der Waals surface area contributed by atoms with Crippen LogP contribution in [0.2, 0.25) is 0 Å². The predicted molar refractivity (Wildman–Crippen MR) is 204 cm³/mol. The zero-order chi connectivity index (χ0) is 39.2. The number of primary amides is 1. The van der Waals surface area contributed by atoms with Crippen LogP contribution < -0.4 is 10.6 Å². The lowest BCUT2D eigenvalue weighted by atomic mass is 9.64. The fourth-order valence-corrected chi connectivity index (χ4v) is 9.74. The van der Waals surface area contributed by atoms with Crippen molar-refractivity contribution in [2.75, 3.05) is 25.2 Å². The third kappa shape index (κ3) is 5.94. The van der Waals surface area contributed by atoms with Gasteiger partial charge < -0.3 is 30.2 Å². The highest BCUT2D eigenvalue weighted by Crippen LogP contribution is 2.66. The lowest BCUT2D eigenvalue weighted by molar-refractivity contribution is -0.178. The van der Waals surface area contributed by atoms with Gasteiger partial charge in [0.2, 0.25) is 11.8 Å². The number of hydrogen-bond donors (Lipinski definition) is 3. The van der Waals surface area contributed by atoms with Crippen molar-refractivity contribution < 1.29 is 43.6 Å². The van der Waals surface area contributed by atoms with E-state index in [-0.39, 0.29) is 30.2 Å². The largest absolute Gasteiger partial charge is 0.508 e. The van der Waals surface area contributed by atoms with E-state index in [0.29, 0.717) is 29.5 Å². The Kier molecular flexibility index (Phi) is 9.90. The number of aromatic hydroxyl groups is 1. The van der Waals surface area contributed by atoms with Crippen LogP contribution in [0, 0.1) is 5.92 Å². The fourth-order valence-electron chi connectivity index (χ4n) is 9.74. The van der Waals surface area contributed by atoms with E-state index >= 15 is 4.79 Å². The second kappa shape index (κ2) is 14.8. The van der Waals surface area contributed by atoms with Gasteiger partial charge in [0.25, 0.3) is 0 Å². The second-order valence-electron chi connectivity index (χ2n) is 15.2. The van der Waals surface area contributed by atoms with Crippen molar-refractivity contribution in [2.45, 2.75) is 73.8 Å². The van der Waals surface area contributed by atoms with Gasteiger partial charge in [0.15, 0.2) is 0 Å². The van der Waals surface area contributed by atoms with Crippen LogP contribution >= 0.6 is 0 Å². The van der Waals surface area contributed by atoms with E-state index in [0.717, 1.165) is 36.1 Å². The third-order valence-electron chi connectivity index (χ3n) is 12.1. The highest BCUT2D eigenvalue weighted by molar-refractivity contribution is 6.23. The fraction of sp³-hybridized carbons (Fsp3) is 0.364. The molecular weight excluding hydrogens is 714 g/mol. The average Bonchev–Trinajstić information content (AvgIpc) is 3.54. The van der Waals surface area contributed by atoms with E-state index in [1.54, 1.807) is 30.3 Å². The number of cyclic esters (lactones) is 1. The molecule has 3 amide bonds. The van der Waals surface area contributed by atoms with Crippen LogP contribution in [0.3, 0.4) is 0 Å². The van der Waals surface area contributed by atoms with Gasteiger partial charge >= 0.3 is 12.1 Å². The molecule has 1 saturated carbocycles. The molecule has 0 bridgehead atoms. The number of nitrogens with two attached hydrogens (primary N) is 1. The molecular formula is C44H45N3O9. The number of phenols is 1. The standard InChI is InChI=1S/C44H45N3O9/c1-54-24-25-55-42(52)46-33-21-18-30(43(53)22-10-2-3-11-23-43)26-32(33)44(41(46)51)34(39(45)49)36-40(50)56-37(28-14-8-5-9-15-28)35(27-12-6-4-7-13-27)47(36)38(44)29-16-19-31(48)20-17-29/h4-9,12-21,26,34-38,48,53H,2-3,10-11,22-25H2,1H3,(H2,45,49)/t34-,35-,36-,37+,38+,44-/m0/s1. The molecule has 4 aromatic carbocycles. The first kappa shape index (κ1) is 37.4. The summed E-state index contributed by atoms with van der Waals surface area (Å²) in [5, 5.41) is 22.8. The number of imide groups is 1. The lowest BCUT2D eigenvalue weighted by Crippen LogP contribution is -2.55. The monoisotopic (exact) mass is 759 g/mol. The molecule has 2 saturated heterocycles. The number of carbonyl (C=O) groups is 4. The molecule has 56 heavy (non-hydrogen) atoms. The van der Waals surface area contributed by atoms with Gasteiger partial charge in [-0.25, -0.2) is 9.69 Å². The highest BCUT2D eigenvalue weighted by Gasteiger charge is 2.75. The van der Waals surface area contributed by atoms with E-state index in [2.05, 4.69) is 0 Å². The van der Waals surface area contributed by atoms with Gasteiger partial charge in [-0.15, -0.1) is 0 Å². The van der Waals surface area contributed by atoms with Crippen LogP contribution in [0.25, 0.3) is 0 Å². The molecule has 1 aliphatic carbocycles. The molecule has 3 heterocycles. The number of amides is 3. The summed E-state index contributed by atoms with van der Waals surface area (Å²) < 4.78 is 17.0. The minimum absolute atomic E-state index is 0.0389. The summed E-state index contributed by atoms with van der Waals surface area (Å²) in [5.41, 5.74) is 5.98. The molecule has 290 valence electrons. The normalized spacial score (nSPS) is 27.0. The van der Waals surface area contributed by atoms with Gasteiger partial charge in [0.05, 0.1) is 35.9 Å². The Hall–Kier alpha value is -5.56. The van der Waals surface area contributed by atoms with Gasteiger partial charge in [0.1, 0.15) is 29.9 Å². The number of phenolic OH excluding ortho intramolecular Hbond substituents is 1. The second-order valence-corrected chi connectivity index (χ2v) is 15.2. The van der Waals surface area contributed by atoms with E-state index < -0.39 is 65.0 Å². The number of benzene rings is 4. The summed E-state index contributed by atoms with van der Waals surface area (Å²) in [5.74, 6) is -4.13. The number of rotatable bonds is 8. The molecule has 3 fully saturated rings. The Morgan fingerprint density at radius 2 is 1.46 bits per heavy atom. The maximum atomic E-state index is 15.8. The zero-order valence-corrected chi connectivity index (χ0v) is 31.1. The SMILES string of the molecule is COCCOC(=O)N1C(=O)[C@@]2(c3cc(C4(O)CCCCCC4)ccc31)[C@H](C(N)=O)[C@H]1C(=O)O[C@H](c3ccccc3)[C@H](c3ccccc3)N1[C@@H]2c1ccc(O)cc1. The van der Waals surface area contributed by atoms with Crippen molar-refractivity contribution >= 4 is 29.6 Å². The highest BCUT2D eigenvalue weighted by atomic mass is 16.6. The number of morpholine rings is 1. The van der Waals surface area contributed by atoms with Gasteiger partial charge in [-0.2, -0.15) is 0 Å². The Morgan fingerprint density at radius 1 is 0.821 bits per heavy atom. The first-order chi connectivity index (χ1) is 27.1. The maximum absolute atomic E-state index is 15.8. The van der Waals surface area contributed by atoms with Crippen molar-refractivity contribution in [3.63, 3.8) is 0 Å². The van der Waals surface area contributed by atoms with Crippen molar-refractivity contribution in [3.8, 4) is 5.75 Å². The van der Waals surface area contributed by atoms with E-state index in [1.165, 1.54) is 19.2 Å². The third-order valence-corrected chi connectivity index (χ3v) is 12.1. The summed E-state index contributed by atoms with van der Waals surface area (Å²) >= 11 is 0. The van der Waals surface area contributed by atoms with Gasteiger partial charge in [-0.1, -0.05) is 105 Å². The molecule has 0 unspecified atom stereocenters. The summed E-state index contributed by atoms with van der Waals surface area (Å²) in [6.07, 6.45) is 2.58. The van der Waals surface area contributed by atoms with Gasteiger partial charge in [-0.05, 0) is 64.9 Å². The number of esters is 1. The molecule has 3 aliphatic heterocycles. The van der Waals surface area contributed by atoms with E-state index in [1.807, 2.05) is 65.6 Å². The minimum atomic E-state index is -2.03. The molecule has 12 heteroatoms. The molecule has 1 spiro atoms. The Bertz CT molecular complexity index is 2120. The predicted octanol–water partition coefficient (Wildman–Crippen LogP) is 5.87. The Labute approximate surface area is 324 Å². The number of hydrogen-bond acceptors (Lipinski definition) is 10. The van der Waals surface area contributed by atoms with Gasteiger partial charge in [-0.3, -0.25) is 19.3 Å². The van der Waals surface area contributed by atoms with Crippen molar-refractivity contribution in [3.05, 3.63) is 131 Å². The molecule has 4 N–H and O–H groups in total. The smallest absolute Gasteiger partial charge is 0.421 e. The number of carbonyl (C=O) groups excluding carboxylic acids is 4.